The summed E-state index contributed by atoms with van der Waals surface area (Å²) in [5.41, 5.74) is 5.47. The number of nitrogens with one attached hydrogen (secondary N) is 3. The lowest BCUT2D eigenvalue weighted by Gasteiger charge is -2.10. The molecule has 6 nitrogen and oxygen atoms in total. The molecule has 3 rings (SSSR count). The number of nitrogens with zero attached hydrogens (tertiary/aromatic N) is 1. The van der Waals surface area contributed by atoms with Crippen molar-refractivity contribution in [1.82, 2.24) is 9.88 Å². The minimum absolute atomic E-state index is 0.141. The van der Waals surface area contributed by atoms with Gasteiger partial charge in [-0.05, 0) is 75.5 Å². The smallest absolute Gasteiger partial charge is 0.255 e. The summed E-state index contributed by atoms with van der Waals surface area (Å²) in [4.78, 5) is 29.3. The summed E-state index contributed by atoms with van der Waals surface area (Å²) in [6, 6.07) is 12.7. The maximum Gasteiger partial charge on any atom is 0.255 e. The van der Waals surface area contributed by atoms with E-state index in [4.69, 9.17) is 0 Å². The fraction of sp³-hybridized carbons (Fsp3) is 0.273. The van der Waals surface area contributed by atoms with E-state index < -0.39 is 0 Å². The van der Waals surface area contributed by atoms with E-state index in [2.05, 4.69) is 41.5 Å². The van der Waals surface area contributed by atoms with Crippen LogP contribution >= 0.6 is 0 Å². The van der Waals surface area contributed by atoms with Gasteiger partial charge in [-0.1, -0.05) is 0 Å². The summed E-state index contributed by atoms with van der Waals surface area (Å²) < 4.78 is 0. The third kappa shape index (κ3) is 4.58. The third-order valence-electron chi connectivity index (χ3n) is 4.65. The quantitative estimate of drug-likeness (QED) is 0.611. The number of amides is 2. The number of aromatic amines is 1. The van der Waals surface area contributed by atoms with Gasteiger partial charge in [0, 0.05) is 47.0 Å². The molecule has 1 heterocycles. The first-order valence-corrected chi connectivity index (χ1v) is 9.28. The van der Waals surface area contributed by atoms with Crippen molar-refractivity contribution >= 4 is 34.1 Å². The molecule has 0 spiro atoms. The molecule has 3 N–H and O–H groups in total. The van der Waals surface area contributed by atoms with E-state index >= 15 is 0 Å². The summed E-state index contributed by atoms with van der Waals surface area (Å²) in [7, 11) is 4.13. The van der Waals surface area contributed by atoms with Gasteiger partial charge in [-0.25, -0.2) is 0 Å². The Hall–Kier alpha value is -3.12. The topological polar surface area (TPSA) is 77.2 Å². The Morgan fingerprint density at radius 1 is 1.00 bits per heavy atom. The minimum atomic E-state index is -0.184. The Bertz CT molecular complexity index is 1000. The molecule has 28 heavy (non-hydrogen) atoms. The second-order valence-corrected chi connectivity index (χ2v) is 7.25. The molecular weight excluding hydrogens is 352 g/mol. The fourth-order valence-electron chi connectivity index (χ4n) is 3.23. The molecule has 0 fully saturated rings. The molecule has 0 unspecified atom stereocenters. The number of aryl methyl sites for hydroxylation is 1. The highest BCUT2D eigenvalue weighted by Gasteiger charge is 2.11. The fourth-order valence-corrected chi connectivity index (χ4v) is 3.23. The molecule has 0 bridgehead atoms. The van der Waals surface area contributed by atoms with Crippen LogP contribution in [0.4, 0.5) is 11.4 Å². The van der Waals surface area contributed by atoms with Crippen molar-refractivity contribution < 1.29 is 9.59 Å². The second-order valence-electron chi connectivity index (χ2n) is 7.25. The van der Waals surface area contributed by atoms with Crippen LogP contribution in [0.5, 0.6) is 0 Å². The van der Waals surface area contributed by atoms with E-state index in [9.17, 15) is 9.59 Å². The molecule has 2 amide bonds. The van der Waals surface area contributed by atoms with Gasteiger partial charge in [-0.3, -0.25) is 9.59 Å². The Labute approximate surface area is 164 Å². The van der Waals surface area contributed by atoms with Crippen molar-refractivity contribution in [3.8, 4) is 0 Å². The predicted octanol–water partition coefficient (Wildman–Crippen LogP) is 3.79. The lowest BCUT2D eigenvalue weighted by Crippen LogP contribution is -2.15. The van der Waals surface area contributed by atoms with Crippen molar-refractivity contribution in [2.75, 3.05) is 31.3 Å². The number of carbonyl (C=O) groups is 2. The number of anilines is 2. The van der Waals surface area contributed by atoms with Crippen molar-refractivity contribution in [3.63, 3.8) is 0 Å². The van der Waals surface area contributed by atoms with Crippen molar-refractivity contribution in [3.05, 3.63) is 59.3 Å². The number of hydrogen-bond donors (Lipinski definition) is 3. The van der Waals surface area contributed by atoms with Crippen LogP contribution in [0, 0.1) is 6.92 Å². The SMILES string of the molecule is CC(=O)Nc1ccc(C(=O)Nc2ccc3[nH]c(C)c(CCN(C)C)c3c2)cc1. The molecule has 0 saturated carbocycles. The van der Waals surface area contributed by atoms with E-state index in [0.29, 0.717) is 11.3 Å². The van der Waals surface area contributed by atoms with Crippen LogP contribution in [0.2, 0.25) is 0 Å². The maximum atomic E-state index is 12.6. The van der Waals surface area contributed by atoms with Gasteiger partial charge in [0.25, 0.3) is 5.91 Å². The van der Waals surface area contributed by atoms with Gasteiger partial charge in [0.05, 0.1) is 0 Å². The number of likely N-dealkylation sites (N-methyl/N-ethyl adjacent to an activating group) is 1. The van der Waals surface area contributed by atoms with E-state index in [-0.39, 0.29) is 11.8 Å². The maximum absolute atomic E-state index is 12.6. The zero-order chi connectivity index (χ0) is 20.3. The molecular formula is C22H26N4O2. The van der Waals surface area contributed by atoms with Crippen molar-refractivity contribution in [1.29, 1.82) is 0 Å². The Kier molecular flexibility index (Phi) is 5.80. The molecule has 0 radical (unpaired) electrons. The van der Waals surface area contributed by atoms with E-state index in [1.54, 1.807) is 24.3 Å². The predicted molar refractivity (Wildman–Crippen MR) is 114 cm³/mol. The number of hydrogen-bond acceptors (Lipinski definition) is 3. The average Bonchev–Trinajstić information content (AvgIpc) is 2.94. The molecule has 1 aromatic heterocycles. The van der Waals surface area contributed by atoms with E-state index in [0.717, 1.165) is 35.2 Å². The van der Waals surface area contributed by atoms with Crippen LogP contribution < -0.4 is 10.6 Å². The molecule has 0 aliphatic rings. The summed E-state index contributed by atoms with van der Waals surface area (Å²) >= 11 is 0. The molecule has 0 atom stereocenters. The van der Waals surface area contributed by atoms with Crippen molar-refractivity contribution in [2.24, 2.45) is 0 Å². The normalized spacial score (nSPS) is 11.0. The number of aromatic nitrogens is 1. The van der Waals surface area contributed by atoms with Crippen LogP contribution in [0.3, 0.4) is 0 Å². The summed E-state index contributed by atoms with van der Waals surface area (Å²) in [6.45, 7) is 4.50. The van der Waals surface area contributed by atoms with Gasteiger partial charge in [0.1, 0.15) is 0 Å². The van der Waals surface area contributed by atoms with Gasteiger partial charge >= 0.3 is 0 Å². The van der Waals surface area contributed by atoms with Gasteiger partial charge < -0.3 is 20.5 Å². The van der Waals surface area contributed by atoms with Gasteiger partial charge in [0.2, 0.25) is 5.91 Å². The number of fused-ring (bicyclic) bond motifs is 1. The van der Waals surface area contributed by atoms with E-state index in [1.165, 1.54) is 12.5 Å². The Balaban J connectivity index is 1.78. The third-order valence-corrected chi connectivity index (χ3v) is 4.65. The zero-order valence-corrected chi connectivity index (χ0v) is 16.7. The lowest BCUT2D eigenvalue weighted by atomic mass is 10.1. The summed E-state index contributed by atoms with van der Waals surface area (Å²) in [5.74, 6) is -0.326. The van der Waals surface area contributed by atoms with Crippen LogP contribution in [0.25, 0.3) is 10.9 Å². The average molecular weight is 378 g/mol. The first-order valence-electron chi connectivity index (χ1n) is 9.28. The van der Waals surface area contributed by atoms with E-state index in [1.807, 2.05) is 18.2 Å². The number of carbonyl (C=O) groups excluding carboxylic acids is 2. The van der Waals surface area contributed by atoms with Gasteiger partial charge in [-0.15, -0.1) is 0 Å². The molecule has 2 aromatic carbocycles. The zero-order valence-electron chi connectivity index (χ0n) is 16.7. The van der Waals surface area contributed by atoms with Crippen LogP contribution in [0.15, 0.2) is 42.5 Å². The number of rotatable bonds is 6. The summed E-state index contributed by atoms with van der Waals surface area (Å²) in [6.07, 6.45) is 0.945. The molecule has 3 aromatic rings. The number of benzene rings is 2. The largest absolute Gasteiger partial charge is 0.358 e. The highest BCUT2D eigenvalue weighted by atomic mass is 16.2. The summed E-state index contributed by atoms with van der Waals surface area (Å²) in [5, 5.41) is 6.79. The highest BCUT2D eigenvalue weighted by Crippen LogP contribution is 2.26. The second kappa shape index (κ2) is 8.27. The van der Waals surface area contributed by atoms with Crippen LogP contribution in [-0.2, 0) is 11.2 Å². The standard InChI is InChI=1S/C22H26N4O2/c1-14-19(11-12-26(3)4)20-13-18(9-10-21(20)23-14)25-22(28)16-5-7-17(8-6-16)24-15(2)27/h5-10,13,23H,11-12H2,1-4H3,(H,24,27)(H,25,28). The molecule has 0 aliphatic heterocycles. The highest BCUT2D eigenvalue weighted by molar-refractivity contribution is 6.05. The first-order chi connectivity index (χ1) is 13.3. The van der Waals surface area contributed by atoms with Gasteiger partial charge in [0.15, 0.2) is 0 Å². The minimum Gasteiger partial charge on any atom is -0.358 e. The first kappa shape index (κ1) is 19.6. The Morgan fingerprint density at radius 2 is 1.68 bits per heavy atom. The van der Waals surface area contributed by atoms with Crippen molar-refractivity contribution in [2.45, 2.75) is 20.3 Å². The molecule has 146 valence electrons. The van der Waals surface area contributed by atoms with Crippen LogP contribution in [-0.4, -0.2) is 42.3 Å². The Morgan fingerprint density at radius 3 is 2.32 bits per heavy atom. The van der Waals surface area contributed by atoms with Gasteiger partial charge in [-0.2, -0.15) is 0 Å². The number of H-pyrrole nitrogens is 1. The molecule has 0 aliphatic carbocycles. The molecule has 6 heteroatoms. The molecule has 0 saturated heterocycles. The van der Waals surface area contributed by atoms with Crippen LogP contribution in [0.1, 0.15) is 28.5 Å². The lowest BCUT2D eigenvalue weighted by molar-refractivity contribution is -0.114. The monoisotopic (exact) mass is 378 g/mol.